The quantitative estimate of drug-likeness (QED) is 0.591. The lowest BCUT2D eigenvalue weighted by Gasteiger charge is -1.86. The molecule has 0 unspecified atom stereocenters. The van der Waals surface area contributed by atoms with E-state index in [1.807, 2.05) is 5.48 Å². The Morgan fingerprint density at radius 3 is 3.20 bits per heavy atom. The topological polar surface area (TPSA) is 67.5 Å². The van der Waals surface area contributed by atoms with E-state index in [1.54, 1.807) is 6.07 Å². The van der Waals surface area contributed by atoms with E-state index < -0.39 is 0 Å². The van der Waals surface area contributed by atoms with Crippen molar-refractivity contribution in [1.82, 2.24) is 10.6 Å². The van der Waals surface area contributed by atoms with Crippen LogP contribution in [0.1, 0.15) is 5.76 Å². The molecule has 0 aliphatic rings. The molecule has 0 saturated heterocycles. The molecule has 5 heteroatoms. The SMILES string of the molecule is COc1cc(CNO)on1. The summed E-state index contributed by atoms with van der Waals surface area (Å²) in [6, 6.07) is 1.59. The van der Waals surface area contributed by atoms with Gasteiger partial charge in [0.15, 0.2) is 5.76 Å². The zero-order chi connectivity index (χ0) is 7.40. The van der Waals surface area contributed by atoms with E-state index in [4.69, 9.17) is 14.5 Å². The van der Waals surface area contributed by atoms with Crippen LogP contribution in [0.5, 0.6) is 5.88 Å². The Bertz CT molecular complexity index is 199. The zero-order valence-electron chi connectivity index (χ0n) is 5.50. The van der Waals surface area contributed by atoms with Crippen molar-refractivity contribution in [2.45, 2.75) is 6.54 Å². The summed E-state index contributed by atoms with van der Waals surface area (Å²) in [6.45, 7) is 0.232. The molecule has 0 aromatic carbocycles. The summed E-state index contributed by atoms with van der Waals surface area (Å²) in [6.07, 6.45) is 0. The largest absolute Gasteiger partial charge is 0.479 e. The Labute approximate surface area is 57.5 Å². The number of hydroxylamine groups is 1. The number of nitrogens with zero attached hydrogens (tertiary/aromatic N) is 1. The molecule has 1 rings (SSSR count). The standard InChI is InChI=1S/C5H8N2O3/c1-9-5-2-4(3-6-8)10-7-5/h2,6,8H,3H2,1H3. The Morgan fingerprint density at radius 2 is 2.70 bits per heavy atom. The average Bonchev–Trinajstić information content (AvgIpc) is 2.37. The van der Waals surface area contributed by atoms with Crippen LogP contribution in [0, 0.1) is 0 Å². The van der Waals surface area contributed by atoms with Gasteiger partial charge >= 0.3 is 0 Å². The van der Waals surface area contributed by atoms with E-state index in [0.29, 0.717) is 11.6 Å². The second-order valence-corrected chi connectivity index (χ2v) is 1.67. The van der Waals surface area contributed by atoms with Crippen molar-refractivity contribution in [1.29, 1.82) is 0 Å². The molecule has 0 saturated carbocycles. The Balaban J connectivity index is 2.59. The highest BCUT2D eigenvalue weighted by Crippen LogP contribution is 2.09. The summed E-state index contributed by atoms with van der Waals surface area (Å²) >= 11 is 0. The Kier molecular flexibility index (Phi) is 2.24. The molecule has 56 valence electrons. The first-order chi connectivity index (χ1) is 4.86. The van der Waals surface area contributed by atoms with E-state index >= 15 is 0 Å². The molecule has 1 aromatic heterocycles. The van der Waals surface area contributed by atoms with Crippen LogP contribution < -0.4 is 10.2 Å². The van der Waals surface area contributed by atoms with Gasteiger partial charge in [0.2, 0.25) is 0 Å². The summed E-state index contributed by atoms with van der Waals surface area (Å²) in [7, 11) is 1.49. The van der Waals surface area contributed by atoms with Crippen LogP contribution in [0.25, 0.3) is 0 Å². The third-order valence-corrected chi connectivity index (χ3v) is 1.000. The van der Waals surface area contributed by atoms with E-state index in [-0.39, 0.29) is 6.54 Å². The lowest BCUT2D eigenvalue weighted by atomic mass is 10.5. The van der Waals surface area contributed by atoms with Gasteiger partial charge in [-0.15, -0.1) is 0 Å². The first kappa shape index (κ1) is 7.04. The van der Waals surface area contributed by atoms with Crippen molar-refractivity contribution in [2.24, 2.45) is 0 Å². The first-order valence-corrected chi connectivity index (χ1v) is 2.73. The second kappa shape index (κ2) is 3.19. The zero-order valence-corrected chi connectivity index (χ0v) is 5.50. The summed E-state index contributed by atoms with van der Waals surface area (Å²) in [5.41, 5.74) is 1.93. The van der Waals surface area contributed by atoms with E-state index in [2.05, 4.69) is 5.16 Å². The summed E-state index contributed by atoms with van der Waals surface area (Å²) in [5.74, 6) is 0.935. The maximum Gasteiger partial charge on any atom is 0.254 e. The van der Waals surface area contributed by atoms with Gasteiger partial charge in [0, 0.05) is 6.07 Å². The predicted octanol–water partition coefficient (Wildman–Crippen LogP) is 0.162. The molecule has 0 bridgehead atoms. The van der Waals surface area contributed by atoms with Gasteiger partial charge in [-0.2, -0.15) is 5.48 Å². The van der Waals surface area contributed by atoms with Gasteiger partial charge in [0.25, 0.3) is 5.88 Å². The number of aromatic nitrogens is 1. The van der Waals surface area contributed by atoms with Crippen molar-refractivity contribution in [3.63, 3.8) is 0 Å². The average molecular weight is 144 g/mol. The number of hydrogen-bond acceptors (Lipinski definition) is 5. The molecule has 0 atom stereocenters. The smallest absolute Gasteiger partial charge is 0.254 e. The molecule has 0 aliphatic carbocycles. The molecule has 1 aromatic rings. The predicted molar refractivity (Wildman–Crippen MR) is 31.7 cm³/mol. The third-order valence-electron chi connectivity index (χ3n) is 1.000. The van der Waals surface area contributed by atoms with E-state index in [9.17, 15) is 0 Å². The van der Waals surface area contributed by atoms with Crippen molar-refractivity contribution in [2.75, 3.05) is 7.11 Å². The molecule has 0 amide bonds. The fraction of sp³-hybridized carbons (Fsp3) is 0.400. The van der Waals surface area contributed by atoms with Gasteiger partial charge in [0.1, 0.15) is 0 Å². The van der Waals surface area contributed by atoms with E-state index in [0.717, 1.165) is 0 Å². The second-order valence-electron chi connectivity index (χ2n) is 1.67. The molecular formula is C5H8N2O3. The van der Waals surface area contributed by atoms with Gasteiger partial charge < -0.3 is 14.5 Å². The van der Waals surface area contributed by atoms with Crippen LogP contribution in [-0.2, 0) is 6.54 Å². The van der Waals surface area contributed by atoms with Crippen LogP contribution in [-0.4, -0.2) is 17.5 Å². The van der Waals surface area contributed by atoms with Gasteiger partial charge in [-0.1, -0.05) is 0 Å². The summed E-state index contributed by atoms with van der Waals surface area (Å²) in [4.78, 5) is 0. The normalized spacial score (nSPS) is 9.80. The fourth-order valence-corrected chi connectivity index (χ4v) is 0.551. The molecule has 5 nitrogen and oxygen atoms in total. The summed E-state index contributed by atoms with van der Waals surface area (Å²) in [5, 5.41) is 11.7. The highest BCUT2D eigenvalue weighted by atomic mass is 16.5. The van der Waals surface area contributed by atoms with Gasteiger partial charge in [-0.05, 0) is 5.16 Å². The molecule has 0 fully saturated rings. The van der Waals surface area contributed by atoms with Crippen LogP contribution in [0.2, 0.25) is 0 Å². The lowest BCUT2D eigenvalue weighted by molar-refractivity contribution is 0.149. The van der Waals surface area contributed by atoms with Crippen LogP contribution in [0.3, 0.4) is 0 Å². The highest BCUT2D eigenvalue weighted by molar-refractivity contribution is 5.10. The lowest BCUT2D eigenvalue weighted by Crippen LogP contribution is -2.04. The maximum absolute atomic E-state index is 8.22. The maximum atomic E-state index is 8.22. The van der Waals surface area contributed by atoms with Crippen molar-refractivity contribution in [3.8, 4) is 5.88 Å². The van der Waals surface area contributed by atoms with Crippen molar-refractivity contribution >= 4 is 0 Å². The molecule has 1 heterocycles. The van der Waals surface area contributed by atoms with Crippen LogP contribution in [0.4, 0.5) is 0 Å². The van der Waals surface area contributed by atoms with Crippen LogP contribution >= 0.6 is 0 Å². The van der Waals surface area contributed by atoms with Gasteiger partial charge in [0.05, 0.1) is 13.7 Å². The van der Waals surface area contributed by atoms with Crippen molar-refractivity contribution < 1.29 is 14.5 Å². The highest BCUT2D eigenvalue weighted by Gasteiger charge is 2.00. The molecule has 2 N–H and O–H groups in total. The molecule has 0 spiro atoms. The third kappa shape index (κ3) is 1.46. The van der Waals surface area contributed by atoms with Gasteiger partial charge in [-0.25, -0.2) is 0 Å². The fourth-order valence-electron chi connectivity index (χ4n) is 0.551. The minimum Gasteiger partial charge on any atom is -0.479 e. The van der Waals surface area contributed by atoms with Gasteiger partial charge in [-0.3, -0.25) is 0 Å². The Morgan fingerprint density at radius 1 is 1.90 bits per heavy atom. The molecule has 10 heavy (non-hydrogen) atoms. The minimum absolute atomic E-state index is 0.232. The summed E-state index contributed by atoms with van der Waals surface area (Å²) < 4.78 is 9.43. The number of methoxy groups -OCH3 is 1. The molecule has 0 radical (unpaired) electrons. The van der Waals surface area contributed by atoms with E-state index in [1.165, 1.54) is 7.11 Å². The Hall–Kier alpha value is -1.07. The first-order valence-electron chi connectivity index (χ1n) is 2.73. The number of rotatable bonds is 3. The molecule has 0 aliphatic heterocycles. The number of nitrogens with one attached hydrogen (secondary N) is 1. The number of hydrogen-bond donors (Lipinski definition) is 2. The number of ether oxygens (including phenoxy) is 1. The molecular weight excluding hydrogens is 136 g/mol. The van der Waals surface area contributed by atoms with Crippen LogP contribution in [0.15, 0.2) is 10.6 Å². The monoisotopic (exact) mass is 144 g/mol. The van der Waals surface area contributed by atoms with Crippen molar-refractivity contribution in [3.05, 3.63) is 11.8 Å². The minimum atomic E-state index is 0.232.